The predicted molar refractivity (Wildman–Crippen MR) is 112 cm³/mol. The summed E-state index contributed by atoms with van der Waals surface area (Å²) in [6, 6.07) is 16.4. The molecule has 3 aromatic rings. The molecule has 1 aromatic heterocycles. The predicted octanol–water partition coefficient (Wildman–Crippen LogP) is 3.52. The molecule has 2 aromatic carbocycles. The van der Waals surface area contributed by atoms with Crippen molar-refractivity contribution in [3.05, 3.63) is 78.0 Å². The fourth-order valence-electron chi connectivity index (χ4n) is 2.49. The molecule has 0 aliphatic rings. The SMILES string of the molecule is Cc1ccc(OCC(=O)Nc2ccc(S(=O)(=O)Nc3ccccn3)cc2)cc1C. The highest BCUT2D eigenvalue weighted by molar-refractivity contribution is 7.92. The number of sulfonamides is 1. The van der Waals surface area contributed by atoms with Crippen LogP contribution in [0.2, 0.25) is 0 Å². The van der Waals surface area contributed by atoms with Gasteiger partial charge in [0.15, 0.2) is 6.61 Å². The molecule has 0 spiro atoms. The van der Waals surface area contributed by atoms with Crippen molar-refractivity contribution < 1.29 is 17.9 Å². The number of hydrogen-bond acceptors (Lipinski definition) is 5. The molecular formula is C21H21N3O4S. The Bertz CT molecular complexity index is 1100. The van der Waals surface area contributed by atoms with E-state index in [0.29, 0.717) is 11.4 Å². The Hall–Kier alpha value is -3.39. The molecule has 0 saturated heterocycles. The third kappa shape index (κ3) is 5.55. The molecule has 8 heteroatoms. The van der Waals surface area contributed by atoms with E-state index in [9.17, 15) is 13.2 Å². The van der Waals surface area contributed by atoms with E-state index in [1.54, 1.807) is 18.2 Å². The second-order valence-electron chi connectivity index (χ2n) is 6.43. The molecule has 0 saturated carbocycles. The van der Waals surface area contributed by atoms with Crippen LogP contribution < -0.4 is 14.8 Å². The number of carbonyl (C=O) groups excluding carboxylic acids is 1. The molecule has 0 aliphatic heterocycles. The van der Waals surface area contributed by atoms with Crippen LogP contribution in [0.15, 0.2) is 71.8 Å². The summed E-state index contributed by atoms with van der Waals surface area (Å²) in [5.41, 5.74) is 2.70. The summed E-state index contributed by atoms with van der Waals surface area (Å²) in [6.45, 7) is 3.83. The maximum Gasteiger partial charge on any atom is 0.263 e. The number of carbonyl (C=O) groups is 1. The first kappa shape index (κ1) is 20.3. The zero-order valence-corrected chi connectivity index (χ0v) is 16.9. The second-order valence-corrected chi connectivity index (χ2v) is 8.11. The Morgan fingerprint density at radius 2 is 1.76 bits per heavy atom. The van der Waals surface area contributed by atoms with Crippen LogP contribution in [0.1, 0.15) is 11.1 Å². The van der Waals surface area contributed by atoms with Crippen LogP contribution in [0, 0.1) is 13.8 Å². The summed E-state index contributed by atoms with van der Waals surface area (Å²) < 4.78 is 32.7. The lowest BCUT2D eigenvalue weighted by atomic mass is 10.1. The van der Waals surface area contributed by atoms with Crippen LogP contribution in [0.5, 0.6) is 5.75 Å². The Morgan fingerprint density at radius 1 is 1.00 bits per heavy atom. The van der Waals surface area contributed by atoms with Crippen molar-refractivity contribution in [1.29, 1.82) is 0 Å². The fraction of sp³-hybridized carbons (Fsp3) is 0.143. The molecule has 2 N–H and O–H groups in total. The maximum absolute atomic E-state index is 12.4. The molecule has 29 heavy (non-hydrogen) atoms. The molecule has 1 amide bonds. The third-order valence-corrected chi connectivity index (χ3v) is 5.57. The zero-order chi connectivity index (χ0) is 20.9. The van der Waals surface area contributed by atoms with Crippen LogP contribution in [0.25, 0.3) is 0 Å². The fourth-order valence-corrected chi connectivity index (χ4v) is 3.50. The van der Waals surface area contributed by atoms with Gasteiger partial charge in [0.05, 0.1) is 4.90 Å². The van der Waals surface area contributed by atoms with E-state index in [4.69, 9.17) is 4.74 Å². The minimum Gasteiger partial charge on any atom is -0.484 e. The van der Waals surface area contributed by atoms with Crippen molar-refractivity contribution in [3.8, 4) is 5.75 Å². The van der Waals surface area contributed by atoms with Crippen molar-refractivity contribution in [1.82, 2.24) is 4.98 Å². The molecule has 150 valence electrons. The van der Waals surface area contributed by atoms with Gasteiger partial charge in [0.1, 0.15) is 11.6 Å². The van der Waals surface area contributed by atoms with E-state index in [-0.39, 0.29) is 23.2 Å². The Labute approximate surface area is 169 Å². The quantitative estimate of drug-likeness (QED) is 0.620. The normalized spacial score (nSPS) is 11.0. The van der Waals surface area contributed by atoms with Crippen LogP contribution >= 0.6 is 0 Å². The van der Waals surface area contributed by atoms with Gasteiger partial charge < -0.3 is 10.1 Å². The lowest BCUT2D eigenvalue weighted by molar-refractivity contribution is -0.118. The number of rotatable bonds is 7. The van der Waals surface area contributed by atoms with Gasteiger partial charge in [-0.2, -0.15) is 0 Å². The van der Waals surface area contributed by atoms with Gasteiger partial charge in [0.2, 0.25) is 0 Å². The highest BCUT2D eigenvalue weighted by Gasteiger charge is 2.15. The molecule has 3 rings (SSSR count). The number of aromatic nitrogens is 1. The van der Waals surface area contributed by atoms with Gasteiger partial charge in [-0.3, -0.25) is 9.52 Å². The molecule has 0 fully saturated rings. The molecule has 0 aliphatic carbocycles. The number of nitrogens with one attached hydrogen (secondary N) is 2. The molecule has 0 bridgehead atoms. The molecule has 7 nitrogen and oxygen atoms in total. The summed E-state index contributed by atoms with van der Waals surface area (Å²) in [6.07, 6.45) is 1.50. The highest BCUT2D eigenvalue weighted by Crippen LogP contribution is 2.18. The zero-order valence-electron chi connectivity index (χ0n) is 16.0. The smallest absolute Gasteiger partial charge is 0.263 e. The summed E-state index contributed by atoms with van der Waals surface area (Å²) >= 11 is 0. The van der Waals surface area contributed by atoms with Crippen molar-refractivity contribution in [2.24, 2.45) is 0 Å². The van der Waals surface area contributed by atoms with Gasteiger partial charge in [-0.25, -0.2) is 13.4 Å². The van der Waals surface area contributed by atoms with E-state index in [2.05, 4.69) is 15.0 Å². The van der Waals surface area contributed by atoms with Crippen molar-refractivity contribution in [2.45, 2.75) is 18.7 Å². The van der Waals surface area contributed by atoms with Gasteiger partial charge in [-0.1, -0.05) is 12.1 Å². The molecule has 0 atom stereocenters. The summed E-state index contributed by atoms with van der Waals surface area (Å²) in [5.74, 6) is 0.504. The molecule has 0 radical (unpaired) electrons. The van der Waals surface area contributed by atoms with Gasteiger partial charge in [0.25, 0.3) is 15.9 Å². The maximum atomic E-state index is 12.4. The van der Waals surface area contributed by atoms with Crippen LogP contribution in [0.3, 0.4) is 0 Å². The van der Waals surface area contributed by atoms with E-state index >= 15 is 0 Å². The first-order chi connectivity index (χ1) is 13.8. The summed E-state index contributed by atoms with van der Waals surface area (Å²) in [4.78, 5) is 16.1. The van der Waals surface area contributed by atoms with Crippen LogP contribution in [-0.2, 0) is 14.8 Å². The minimum atomic E-state index is -3.76. The monoisotopic (exact) mass is 411 g/mol. The van der Waals surface area contributed by atoms with E-state index in [1.165, 1.54) is 30.5 Å². The number of aryl methyl sites for hydroxylation is 2. The first-order valence-corrected chi connectivity index (χ1v) is 10.4. The van der Waals surface area contributed by atoms with Gasteiger partial charge >= 0.3 is 0 Å². The van der Waals surface area contributed by atoms with E-state index in [1.807, 2.05) is 32.0 Å². The van der Waals surface area contributed by atoms with Crippen molar-refractivity contribution in [3.63, 3.8) is 0 Å². The summed E-state index contributed by atoms with van der Waals surface area (Å²) in [5, 5.41) is 2.68. The molecule has 0 unspecified atom stereocenters. The number of hydrogen-bond donors (Lipinski definition) is 2. The lowest BCUT2D eigenvalue weighted by Gasteiger charge is -2.10. The average molecular weight is 411 g/mol. The van der Waals surface area contributed by atoms with Gasteiger partial charge in [0, 0.05) is 11.9 Å². The van der Waals surface area contributed by atoms with Crippen LogP contribution in [-0.4, -0.2) is 25.9 Å². The highest BCUT2D eigenvalue weighted by atomic mass is 32.2. The average Bonchev–Trinajstić information content (AvgIpc) is 2.70. The third-order valence-electron chi connectivity index (χ3n) is 4.20. The van der Waals surface area contributed by atoms with E-state index < -0.39 is 10.0 Å². The largest absolute Gasteiger partial charge is 0.484 e. The van der Waals surface area contributed by atoms with Crippen molar-refractivity contribution >= 4 is 27.4 Å². The van der Waals surface area contributed by atoms with Gasteiger partial charge in [-0.05, 0) is 73.5 Å². The number of ether oxygens (including phenoxy) is 1. The second kappa shape index (κ2) is 8.74. The Balaban J connectivity index is 1.58. The van der Waals surface area contributed by atoms with Crippen molar-refractivity contribution in [2.75, 3.05) is 16.6 Å². The molecular weight excluding hydrogens is 390 g/mol. The number of amides is 1. The minimum absolute atomic E-state index is 0.0625. The number of benzene rings is 2. The Morgan fingerprint density at radius 3 is 2.41 bits per heavy atom. The Kier molecular flexibility index (Phi) is 6.13. The standard InChI is InChI=1S/C21H21N3O4S/c1-15-6-9-18(13-16(15)2)28-14-21(25)23-17-7-10-19(11-8-17)29(26,27)24-20-5-3-4-12-22-20/h3-13H,14H2,1-2H3,(H,22,24)(H,23,25). The number of pyridine rings is 1. The lowest BCUT2D eigenvalue weighted by Crippen LogP contribution is -2.20. The van der Waals surface area contributed by atoms with Gasteiger partial charge in [-0.15, -0.1) is 0 Å². The summed E-state index contributed by atoms with van der Waals surface area (Å²) in [7, 11) is -3.76. The topological polar surface area (TPSA) is 97.4 Å². The molecule has 1 heterocycles. The first-order valence-electron chi connectivity index (χ1n) is 8.87. The van der Waals surface area contributed by atoms with E-state index in [0.717, 1.165) is 11.1 Å². The number of nitrogens with zero attached hydrogens (tertiary/aromatic N) is 1. The van der Waals surface area contributed by atoms with Crippen LogP contribution in [0.4, 0.5) is 11.5 Å². The number of anilines is 2.